The second-order valence-corrected chi connectivity index (χ2v) is 4.29. The fourth-order valence-electron chi connectivity index (χ4n) is 1.50. The molecule has 0 aliphatic rings. The van der Waals surface area contributed by atoms with E-state index in [4.69, 9.17) is 20.3 Å². The van der Waals surface area contributed by atoms with Crippen molar-refractivity contribution in [2.45, 2.75) is 6.92 Å². The van der Waals surface area contributed by atoms with Gasteiger partial charge in [0.1, 0.15) is 11.5 Å². The number of aliphatic hydroxyl groups excluding tert-OH is 1. The summed E-state index contributed by atoms with van der Waals surface area (Å²) >= 11 is 0. The van der Waals surface area contributed by atoms with Gasteiger partial charge in [-0.1, -0.05) is 6.92 Å². The Hall–Kier alpha value is -1.95. The Morgan fingerprint density at radius 3 is 2.63 bits per heavy atom. The summed E-state index contributed by atoms with van der Waals surface area (Å²) in [4.78, 5) is 12.0. The van der Waals surface area contributed by atoms with Crippen molar-refractivity contribution < 1.29 is 19.4 Å². The van der Waals surface area contributed by atoms with Gasteiger partial charge in [0.25, 0.3) is 5.91 Å². The van der Waals surface area contributed by atoms with E-state index in [-0.39, 0.29) is 24.1 Å². The van der Waals surface area contributed by atoms with Crippen molar-refractivity contribution in [3.63, 3.8) is 0 Å². The van der Waals surface area contributed by atoms with Gasteiger partial charge in [-0.05, 0) is 12.0 Å². The summed E-state index contributed by atoms with van der Waals surface area (Å²) in [7, 11) is 2.97. The Kier molecular flexibility index (Phi) is 5.44. The van der Waals surface area contributed by atoms with Crippen LogP contribution >= 0.6 is 0 Å². The van der Waals surface area contributed by atoms with Crippen molar-refractivity contribution in [3.05, 3.63) is 17.7 Å². The topological polar surface area (TPSA) is 93.8 Å². The molecule has 6 nitrogen and oxygen atoms in total. The first kappa shape index (κ1) is 15.1. The minimum atomic E-state index is -0.324. The molecule has 0 aliphatic heterocycles. The SMILES string of the molecule is COc1cc(OC)c(N)c(C(=O)NCC(C)CO)c1. The third-order valence-electron chi connectivity index (χ3n) is 2.74. The Morgan fingerprint density at radius 1 is 1.42 bits per heavy atom. The summed E-state index contributed by atoms with van der Waals surface area (Å²) < 4.78 is 10.2. The van der Waals surface area contributed by atoms with Crippen LogP contribution in [-0.4, -0.2) is 38.4 Å². The molecule has 0 spiro atoms. The van der Waals surface area contributed by atoms with Crippen LogP contribution in [0.15, 0.2) is 12.1 Å². The van der Waals surface area contributed by atoms with E-state index >= 15 is 0 Å². The lowest BCUT2D eigenvalue weighted by Gasteiger charge is -2.14. The molecule has 4 N–H and O–H groups in total. The molecule has 1 aromatic rings. The third-order valence-corrected chi connectivity index (χ3v) is 2.74. The molecule has 6 heteroatoms. The predicted molar refractivity (Wildman–Crippen MR) is 72.5 cm³/mol. The molecule has 0 radical (unpaired) electrons. The summed E-state index contributed by atoms with van der Waals surface area (Å²) in [5.41, 5.74) is 6.42. The van der Waals surface area contributed by atoms with Crippen LogP contribution in [0.2, 0.25) is 0 Å². The van der Waals surface area contributed by atoms with Gasteiger partial charge in [0.05, 0.1) is 25.5 Å². The molecule has 1 rings (SSSR count). The molecular formula is C13H20N2O4. The molecular weight excluding hydrogens is 248 g/mol. The van der Waals surface area contributed by atoms with E-state index in [1.165, 1.54) is 14.2 Å². The second kappa shape index (κ2) is 6.84. The van der Waals surface area contributed by atoms with Crippen LogP contribution in [0.3, 0.4) is 0 Å². The predicted octanol–water partition coefficient (Wildman–Crippen LogP) is 0.644. The van der Waals surface area contributed by atoms with Crippen LogP contribution in [0.5, 0.6) is 11.5 Å². The van der Waals surface area contributed by atoms with Crippen LogP contribution in [0.4, 0.5) is 5.69 Å². The highest BCUT2D eigenvalue weighted by Gasteiger charge is 2.16. The average Bonchev–Trinajstić information content (AvgIpc) is 2.44. The summed E-state index contributed by atoms with van der Waals surface area (Å²) in [5.74, 6) is 0.541. The lowest BCUT2D eigenvalue weighted by atomic mass is 10.1. The fourth-order valence-corrected chi connectivity index (χ4v) is 1.50. The van der Waals surface area contributed by atoms with Crippen molar-refractivity contribution in [2.75, 3.05) is 33.1 Å². The first-order valence-corrected chi connectivity index (χ1v) is 5.94. The van der Waals surface area contributed by atoms with E-state index in [1.54, 1.807) is 12.1 Å². The van der Waals surface area contributed by atoms with E-state index < -0.39 is 0 Å². The van der Waals surface area contributed by atoms with Crippen molar-refractivity contribution in [2.24, 2.45) is 5.92 Å². The molecule has 0 fully saturated rings. The van der Waals surface area contributed by atoms with Gasteiger partial charge >= 0.3 is 0 Å². The smallest absolute Gasteiger partial charge is 0.253 e. The number of carbonyl (C=O) groups excluding carboxylic acids is 1. The molecule has 106 valence electrons. The monoisotopic (exact) mass is 268 g/mol. The highest BCUT2D eigenvalue weighted by atomic mass is 16.5. The number of hydrogen-bond acceptors (Lipinski definition) is 5. The molecule has 0 bridgehead atoms. The maximum absolute atomic E-state index is 12.0. The van der Waals surface area contributed by atoms with Crippen LogP contribution in [0.1, 0.15) is 17.3 Å². The number of benzene rings is 1. The van der Waals surface area contributed by atoms with E-state index in [9.17, 15) is 4.79 Å². The number of anilines is 1. The number of aliphatic hydroxyl groups is 1. The Labute approximate surface area is 112 Å². The molecule has 0 aromatic heterocycles. The number of rotatable bonds is 6. The van der Waals surface area contributed by atoms with Gasteiger partial charge in [0, 0.05) is 19.2 Å². The summed E-state index contributed by atoms with van der Waals surface area (Å²) in [6.07, 6.45) is 0. The number of nitrogen functional groups attached to an aromatic ring is 1. The number of ether oxygens (including phenoxy) is 2. The quantitative estimate of drug-likeness (QED) is 0.658. The zero-order valence-corrected chi connectivity index (χ0v) is 11.4. The molecule has 1 atom stereocenters. The molecule has 1 unspecified atom stereocenters. The van der Waals surface area contributed by atoms with Crippen LogP contribution in [0.25, 0.3) is 0 Å². The average molecular weight is 268 g/mol. The van der Waals surface area contributed by atoms with E-state index in [2.05, 4.69) is 5.32 Å². The van der Waals surface area contributed by atoms with Crippen molar-refractivity contribution >= 4 is 11.6 Å². The minimum Gasteiger partial charge on any atom is -0.497 e. The molecule has 0 heterocycles. The van der Waals surface area contributed by atoms with Crippen molar-refractivity contribution in [1.82, 2.24) is 5.32 Å². The van der Waals surface area contributed by atoms with Crippen molar-refractivity contribution in [3.8, 4) is 11.5 Å². The number of carbonyl (C=O) groups is 1. The number of amides is 1. The van der Waals surface area contributed by atoms with Gasteiger partial charge in [0.15, 0.2) is 0 Å². The number of methoxy groups -OCH3 is 2. The molecule has 19 heavy (non-hydrogen) atoms. The summed E-state index contributed by atoms with van der Waals surface area (Å²) in [6.45, 7) is 2.21. The van der Waals surface area contributed by atoms with Crippen LogP contribution in [-0.2, 0) is 0 Å². The van der Waals surface area contributed by atoms with Gasteiger partial charge in [-0.3, -0.25) is 4.79 Å². The van der Waals surface area contributed by atoms with Gasteiger partial charge in [-0.2, -0.15) is 0 Å². The maximum atomic E-state index is 12.0. The third kappa shape index (κ3) is 3.75. The van der Waals surface area contributed by atoms with Gasteiger partial charge in [0.2, 0.25) is 0 Å². The first-order valence-electron chi connectivity index (χ1n) is 5.94. The standard InChI is InChI=1S/C13H20N2O4/c1-8(7-16)6-15-13(17)10-4-9(18-2)5-11(19-3)12(10)14/h4-5,8,16H,6-7,14H2,1-3H3,(H,15,17). The van der Waals surface area contributed by atoms with Gasteiger partial charge < -0.3 is 25.6 Å². The normalized spacial score (nSPS) is 11.8. The fraction of sp³-hybridized carbons (Fsp3) is 0.462. The lowest BCUT2D eigenvalue weighted by molar-refractivity contribution is 0.0942. The zero-order chi connectivity index (χ0) is 14.4. The maximum Gasteiger partial charge on any atom is 0.253 e. The minimum absolute atomic E-state index is 0.0111. The van der Waals surface area contributed by atoms with E-state index in [0.29, 0.717) is 23.6 Å². The number of hydrogen-bond donors (Lipinski definition) is 3. The largest absolute Gasteiger partial charge is 0.497 e. The van der Waals surface area contributed by atoms with Gasteiger partial charge in [-0.15, -0.1) is 0 Å². The highest BCUT2D eigenvalue weighted by Crippen LogP contribution is 2.30. The lowest BCUT2D eigenvalue weighted by Crippen LogP contribution is -2.30. The Balaban J connectivity index is 2.95. The molecule has 1 amide bonds. The number of nitrogens with two attached hydrogens (primary N) is 1. The molecule has 0 aliphatic carbocycles. The zero-order valence-electron chi connectivity index (χ0n) is 11.4. The summed E-state index contributed by atoms with van der Waals surface area (Å²) in [5, 5.41) is 11.6. The first-order chi connectivity index (χ1) is 9.03. The highest BCUT2D eigenvalue weighted by molar-refractivity contribution is 6.00. The van der Waals surface area contributed by atoms with Gasteiger partial charge in [-0.25, -0.2) is 0 Å². The van der Waals surface area contributed by atoms with Crippen molar-refractivity contribution in [1.29, 1.82) is 0 Å². The Bertz CT molecular complexity index is 449. The number of nitrogens with one attached hydrogen (secondary N) is 1. The molecule has 1 aromatic carbocycles. The molecule has 0 saturated carbocycles. The van der Waals surface area contributed by atoms with E-state index in [0.717, 1.165) is 0 Å². The van der Waals surface area contributed by atoms with Crippen LogP contribution in [0, 0.1) is 5.92 Å². The summed E-state index contributed by atoms with van der Waals surface area (Å²) in [6, 6.07) is 3.17. The van der Waals surface area contributed by atoms with Crippen LogP contribution < -0.4 is 20.5 Å². The Morgan fingerprint density at radius 2 is 2.11 bits per heavy atom. The molecule has 0 saturated heterocycles. The second-order valence-electron chi connectivity index (χ2n) is 4.29. The van der Waals surface area contributed by atoms with E-state index in [1.807, 2.05) is 6.92 Å².